The number of hydrogen-bond acceptors (Lipinski definition) is 2. The van der Waals surface area contributed by atoms with Crippen molar-refractivity contribution < 1.29 is 4.74 Å². The normalized spacial score (nSPS) is 10.0. The lowest BCUT2D eigenvalue weighted by Gasteiger charge is -2.06. The van der Waals surface area contributed by atoms with Crippen LogP contribution in [0.15, 0.2) is 42.5 Å². The van der Waals surface area contributed by atoms with Crippen molar-refractivity contribution in [3.8, 4) is 11.5 Å². The molecule has 0 atom stereocenters. The molecule has 0 radical (unpaired) electrons. The summed E-state index contributed by atoms with van der Waals surface area (Å²) in [4.78, 5) is 4.06. The minimum atomic E-state index is 0.445. The topological polar surface area (TPSA) is 22.1 Å². The number of hydrogen-bond donors (Lipinski definition) is 0. The Morgan fingerprint density at radius 2 is 1.80 bits per heavy atom. The number of nitrogens with zero attached hydrogens (tertiary/aromatic N) is 1. The third-order valence-electron chi connectivity index (χ3n) is 1.87. The summed E-state index contributed by atoms with van der Waals surface area (Å²) in [5.74, 6) is 1.50. The average Bonchev–Trinajstić information content (AvgIpc) is 2.17. The van der Waals surface area contributed by atoms with Crippen molar-refractivity contribution in [1.29, 1.82) is 0 Å². The summed E-state index contributed by atoms with van der Waals surface area (Å²) in [7, 11) is 0. The lowest BCUT2D eigenvalue weighted by Crippen LogP contribution is -1.87. The Hall–Kier alpha value is -1.54. The molecule has 76 valence electrons. The van der Waals surface area contributed by atoms with Gasteiger partial charge >= 0.3 is 0 Å². The molecule has 0 amide bonds. The Bertz CT molecular complexity index is 436. The van der Waals surface area contributed by atoms with Gasteiger partial charge in [0.05, 0.1) is 0 Å². The number of ether oxygens (including phenoxy) is 1. The van der Waals surface area contributed by atoms with Gasteiger partial charge in [-0.3, -0.25) is 0 Å². The number of rotatable bonds is 2. The quantitative estimate of drug-likeness (QED) is 0.716. The van der Waals surface area contributed by atoms with E-state index in [2.05, 4.69) is 4.98 Å². The highest BCUT2D eigenvalue weighted by atomic mass is 35.5. The van der Waals surface area contributed by atoms with E-state index in [1.54, 1.807) is 6.07 Å². The van der Waals surface area contributed by atoms with Gasteiger partial charge in [-0.2, -0.15) is 0 Å². The Morgan fingerprint density at radius 1 is 1.07 bits per heavy atom. The van der Waals surface area contributed by atoms with Crippen LogP contribution in [-0.2, 0) is 0 Å². The number of halogens is 1. The molecule has 1 aromatic carbocycles. The zero-order chi connectivity index (χ0) is 10.7. The molecule has 0 saturated carbocycles. The lowest BCUT2D eigenvalue weighted by molar-refractivity contribution is 0.481. The molecule has 0 saturated heterocycles. The van der Waals surface area contributed by atoms with Crippen molar-refractivity contribution in [2.24, 2.45) is 0 Å². The van der Waals surface area contributed by atoms with Gasteiger partial charge in [0, 0.05) is 17.8 Å². The van der Waals surface area contributed by atoms with E-state index in [1.165, 1.54) is 0 Å². The second kappa shape index (κ2) is 4.32. The van der Waals surface area contributed by atoms with Crippen molar-refractivity contribution in [3.05, 3.63) is 53.3 Å². The van der Waals surface area contributed by atoms with E-state index in [0.29, 0.717) is 10.9 Å². The van der Waals surface area contributed by atoms with Crippen LogP contribution in [0.1, 0.15) is 5.69 Å². The molecule has 0 aliphatic heterocycles. The molecule has 1 heterocycles. The Labute approximate surface area is 93.5 Å². The fraction of sp³-hybridized carbons (Fsp3) is 0.0833. The van der Waals surface area contributed by atoms with Gasteiger partial charge in [-0.15, -0.1) is 0 Å². The third kappa shape index (κ3) is 2.70. The van der Waals surface area contributed by atoms with Gasteiger partial charge < -0.3 is 4.74 Å². The van der Waals surface area contributed by atoms with Gasteiger partial charge in [-0.1, -0.05) is 29.8 Å². The summed E-state index contributed by atoms with van der Waals surface area (Å²) in [5, 5.41) is 0.445. The summed E-state index contributed by atoms with van der Waals surface area (Å²) >= 11 is 5.83. The molecule has 2 nitrogen and oxygen atoms in total. The monoisotopic (exact) mass is 219 g/mol. The summed E-state index contributed by atoms with van der Waals surface area (Å²) in [6.07, 6.45) is 0. The highest BCUT2D eigenvalue weighted by Gasteiger charge is 2.00. The molecule has 0 unspecified atom stereocenters. The maximum atomic E-state index is 5.83. The van der Waals surface area contributed by atoms with Gasteiger partial charge in [0.25, 0.3) is 0 Å². The van der Waals surface area contributed by atoms with Crippen molar-refractivity contribution >= 4 is 11.6 Å². The standard InChI is InChI=1S/C12H10ClNO/c1-9-7-11(8-12(13)14-9)15-10-5-3-2-4-6-10/h2-8H,1H3. The van der Waals surface area contributed by atoms with Gasteiger partial charge in [0.15, 0.2) is 0 Å². The van der Waals surface area contributed by atoms with Crippen LogP contribution < -0.4 is 4.74 Å². The predicted octanol–water partition coefficient (Wildman–Crippen LogP) is 3.84. The zero-order valence-electron chi connectivity index (χ0n) is 8.27. The second-order valence-electron chi connectivity index (χ2n) is 3.18. The van der Waals surface area contributed by atoms with E-state index in [0.717, 1.165) is 11.4 Å². The van der Waals surface area contributed by atoms with Gasteiger partial charge in [0.2, 0.25) is 0 Å². The molecule has 0 bridgehead atoms. The van der Waals surface area contributed by atoms with Crippen molar-refractivity contribution in [2.45, 2.75) is 6.92 Å². The first-order valence-corrected chi connectivity index (χ1v) is 4.99. The predicted molar refractivity (Wildman–Crippen MR) is 60.5 cm³/mol. The Morgan fingerprint density at radius 3 is 2.47 bits per heavy atom. The maximum Gasteiger partial charge on any atom is 0.133 e. The van der Waals surface area contributed by atoms with Crippen LogP contribution in [0.2, 0.25) is 5.15 Å². The van der Waals surface area contributed by atoms with Crippen LogP contribution in [0, 0.1) is 6.92 Å². The van der Waals surface area contributed by atoms with Crippen LogP contribution >= 0.6 is 11.6 Å². The fourth-order valence-electron chi connectivity index (χ4n) is 1.28. The molecule has 1 aromatic heterocycles. The van der Waals surface area contributed by atoms with E-state index < -0.39 is 0 Å². The molecule has 2 rings (SSSR count). The molecular formula is C12H10ClNO. The molecule has 2 aromatic rings. The van der Waals surface area contributed by atoms with Crippen LogP contribution in [0.3, 0.4) is 0 Å². The SMILES string of the molecule is Cc1cc(Oc2ccccc2)cc(Cl)n1. The van der Waals surface area contributed by atoms with Crippen LogP contribution in [0.25, 0.3) is 0 Å². The largest absolute Gasteiger partial charge is 0.457 e. The molecular weight excluding hydrogens is 210 g/mol. The summed E-state index contributed by atoms with van der Waals surface area (Å²) in [5.41, 5.74) is 0.841. The summed E-state index contributed by atoms with van der Waals surface area (Å²) in [6.45, 7) is 1.88. The molecule has 0 aliphatic carbocycles. The number of aromatic nitrogens is 1. The van der Waals surface area contributed by atoms with E-state index >= 15 is 0 Å². The molecule has 0 spiro atoms. The van der Waals surface area contributed by atoms with E-state index in [4.69, 9.17) is 16.3 Å². The van der Waals surface area contributed by atoms with E-state index in [-0.39, 0.29) is 0 Å². The van der Waals surface area contributed by atoms with Crippen molar-refractivity contribution in [1.82, 2.24) is 4.98 Å². The number of para-hydroxylation sites is 1. The zero-order valence-corrected chi connectivity index (χ0v) is 9.03. The van der Waals surface area contributed by atoms with Crippen molar-refractivity contribution in [2.75, 3.05) is 0 Å². The maximum absolute atomic E-state index is 5.83. The summed E-state index contributed by atoms with van der Waals surface area (Å²) < 4.78 is 5.62. The first-order chi connectivity index (χ1) is 7.24. The highest BCUT2D eigenvalue weighted by molar-refractivity contribution is 6.29. The minimum absolute atomic E-state index is 0.445. The lowest BCUT2D eigenvalue weighted by atomic mass is 10.3. The van der Waals surface area contributed by atoms with Gasteiger partial charge in [0.1, 0.15) is 16.7 Å². The molecule has 0 fully saturated rings. The van der Waals surface area contributed by atoms with Crippen molar-refractivity contribution in [3.63, 3.8) is 0 Å². The first kappa shape index (κ1) is 9.99. The number of aryl methyl sites for hydroxylation is 1. The number of benzene rings is 1. The molecule has 15 heavy (non-hydrogen) atoms. The summed E-state index contributed by atoms with van der Waals surface area (Å²) in [6, 6.07) is 13.1. The third-order valence-corrected chi connectivity index (χ3v) is 2.07. The smallest absolute Gasteiger partial charge is 0.133 e. The Kier molecular flexibility index (Phi) is 2.88. The molecule has 0 aliphatic rings. The van der Waals surface area contributed by atoms with E-state index in [9.17, 15) is 0 Å². The highest BCUT2D eigenvalue weighted by Crippen LogP contribution is 2.23. The van der Waals surface area contributed by atoms with Crippen LogP contribution in [0.5, 0.6) is 11.5 Å². The van der Waals surface area contributed by atoms with Gasteiger partial charge in [-0.05, 0) is 19.1 Å². The minimum Gasteiger partial charge on any atom is -0.457 e. The molecule has 3 heteroatoms. The Balaban J connectivity index is 2.25. The second-order valence-corrected chi connectivity index (χ2v) is 3.57. The number of pyridine rings is 1. The average molecular weight is 220 g/mol. The molecule has 0 N–H and O–H groups in total. The fourth-order valence-corrected chi connectivity index (χ4v) is 1.52. The van der Waals surface area contributed by atoms with Crippen LogP contribution in [-0.4, -0.2) is 4.98 Å². The van der Waals surface area contributed by atoms with Crippen LogP contribution in [0.4, 0.5) is 0 Å². The first-order valence-electron chi connectivity index (χ1n) is 4.61. The van der Waals surface area contributed by atoms with E-state index in [1.807, 2.05) is 43.3 Å². The van der Waals surface area contributed by atoms with Gasteiger partial charge in [-0.25, -0.2) is 4.98 Å².